The van der Waals surface area contributed by atoms with E-state index in [1.165, 1.54) is 42.6 Å². The molecule has 0 saturated carbocycles. The summed E-state index contributed by atoms with van der Waals surface area (Å²) in [6.07, 6.45) is 1.28. The number of hydrazone groups is 1. The van der Waals surface area contributed by atoms with Gasteiger partial charge in [0.2, 0.25) is 0 Å². The average molecular weight is 287 g/mol. The molecule has 6 nitrogen and oxygen atoms in total. The van der Waals surface area contributed by atoms with Gasteiger partial charge in [-0.1, -0.05) is 18.2 Å². The molecule has 2 rings (SSSR count). The predicted molar refractivity (Wildman–Crippen MR) is 74.6 cm³/mol. The molecule has 2 aromatic carbocycles. The van der Waals surface area contributed by atoms with E-state index in [1.54, 1.807) is 6.07 Å². The first-order chi connectivity index (χ1) is 10.1. The second kappa shape index (κ2) is 6.38. The predicted octanol–water partition coefficient (Wildman–Crippen LogP) is 2.50. The van der Waals surface area contributed by atoms with Crippen molar-refractivity contribution in [3.8, 4) is 0 Å². The van der Waals surface area contributed by atoms with Crippen LogP contribution in [0.5, 0.6) is 0 Å². The molecule has 0 atom stereocenters. The largest absolute Gasteiger partial charge is 0.271 e. The molecule has 0 unspecified atom stereocenters. The molecule has 106 valence electrons. The summed E-state index contributed by atoms with van der Waals surface area (Å²) in [6.45, 7) is 0. The molecule has 0 aliphatic heterocycles. The van der Waals surface area contributed by atoms with E-state index in [0.717, 1.165) is 6.07 Å². The second-order valence-electron chi connectivity index (χ2n) is 4.06. The van der Waals surface area contributed by atoms with E-state index in [0.29, 0.717) is 5.56 Å². The van der Waals surface area contributed by atoms with Crippen LogP contribution in [-0.4, -0.2) is 17.0 Å². The Kier molecular flexibility index (Phi) is 4.35. The second-order valence-corrected chi connectivity index (χ2v) is 4.06. The lowest BCUT2D eigenvalue weighted by atomic mass is 10.2. The third-order valence-corrected chi connectivity index (χ3v) is 2.55. The average Bonchev–Trinajstić information content (AvgIpc) is 2.47. The van der Waals surface area contributed by atoms with E-state index in [2.05, 4.69) is 10.5 Å². The first-order valence-corrected chi connectivity index (χ1v) is 5.90. The minimum absolute atomic E-state index is 0.112. The zero-order valence-corrected chi connectivity index (χ0v) is 10.7. The van der Waals surface area contributed by atoms with Crippen molar-refractivity contribution in [2.24, 2.45) is 5.10 Å². The number of carbonyl (C=O) groups excluding carboxylic acids is 1. The Balaban J connectivity index is 2.05. The van der Waals surface area contributed by atoms with Gasteiger partial charge in [0.05, 0.1) is 11.1 Å². The zero-order valence-electron chi connectivity index (χ0n) is 10.7. The van der Waals surface area contributed by atoms with Crippen LogP contribution in [0.25, 0.3) is 0 Å². The molecule has 0 spiro atoms. The van der Waals surface area contributed by atoms with Crippen LogP contribution in [0.1, 0.15) is 15.9 Å². The number of benzene rings is 2. The third-order valence-electron chi connectivity index (χ3n) is 2.55. The van der Waals surface area contributed by atoms with Gasteiger partial charge in [-0.15, -0.1) is 0 Å². The van der Waals surface area contributed by atoms with Crippen LogP contribution in [0.4, 0.5) is 10.1 Å². The van der Waals surface area contributed by atoms with Crippen LogP contribution in [0, 0.1) is 15.9 Å². The van der Waals surface area contributed by atoms with Gasteiger partial charge in [0.15, 0.2) is 0 Å². The van der Waals surface area contributed by atoms with Crippen LogP contribution in [0.2, 0.25) is 0 Å². The van der Waals surface area contributed by atoms with E-state index in [4.69, 9.17) is 0 Å². The Morgan fingerprint density at radius 2 is 2.00 bits per heavy atom. The van der Waals surface area contributed by atoms with Crippen molar-refractivity contribution in [1.29, 1.82) is 0 Å². The monoisotopic (exact) mass is 287 g/mol. The highest BCUT2D eigenvalue weighted by Crippen LogP contribution is 2.12. The van der Waals surface area contributed by atoms with E-state index >= 15 is 0 Å². The summed E-state index contributed by atoms with van der Waals surface area (Å²) in [5.74, 6) is -1.00. The SMILES string of the molecule is O=C(N/N=C/c1cccc(F)c1)c1cccc([N+](=O)[O-])c1. The molecule has 0 aromatic heterocycles. The Morgan fingerprint density at radius 3 is 2.71 bits per heavy atom. The minimum atomic E-state index is -0.591. The quantitative estimate of drug-likeness (QED) is 0.532. The van der Waals surface area contributed by atoms with Gasteiger partial charge in [-0.25, -0.2) is 9.82 Å². The standard InChI is InChI=1S/C14H10FN3O3/c15-12-5-1-3-10(7-12)9-16-17-14(19)11-4-2-6-13(8-11)18(20)21/h1-9H,(H,17,19)/b16-9+. The first-order valence-electron chi connectivity index (χ1n) is 5.90. The Labute approximate surface area is 119 Å². The molecule has 0 heterocycles. The topological polar surface area (TPSA) is 84.6 Å². The highest BCUT2D eigenvalue weighted by Gasteiger charge is 2.10. The Morgan fingerprint density at radius 1 is 1.24 bits per heavy atom. The van der Waals surface area contributed by atoms with Gasteiger partial charge in [-0.05, 0) is 23.8 Å². The number of non-ortho nitro benzene ring substituents is 1. The van der Waals surface area contributed by atoms with Gasteiger partial charge in [-0.3, -0.25) is 14.9 Å². The maximum absolute atomic E-state index is 12.9. The van der Waals surface area contributed by atoms with E-state index in [1.807, 2.05) is 0 Å². The van der Waals surface area contributed by atoms with Crippen molar-refractivity contribution in [1.82, 2.24) is 5.43 Å². The number of carbonyl (C=O) groups is 1. The number of nitro groups is 1. The van der Waals surface area contributed by atoms with Crippen LogP contribution in [-0.2, 0) is 0 Å². The first kappa shape index (κ1) is 14.3. The lowest BCUT2D eigenvalue weighted by molar-refractivity contribution is -0.384. The summed E-state index contributed by atoms with van der Waals surface area (Å²) >= 11 is 0. The molecule has 1 amide bonds. The summed E-state index contributed by atoms with van der Waals surface area (Å²) in [5.41, 5.74) is 2.63. The van der Waals surface area contributed by atoms with E-state index in [9.17, 15) is 19.3 Å². The maximum atomic E-state index is 12.9. The number of amides is 1. The van der Waals surface area contributed by atoms with Crippen molar-refractivity contribution in [2.45, 2.75) is 0 Å². The number of nitrogens with one attached hydrogen (secondary N) is 1. The van der Waals surface area contributed by atoms with Gasteiger partial charge in [-0.2, -0.15) is 5.10 Å². The van der Waals surface area contributed by atoms with Crippen LogP contribution in [0.15, 0.2) is 53.6 Å². The number of nitro benzene ring substituents is 1. The lowest BCUT2D eigenvalue weighted by Crippen LogP contribution is -2.17. The van der Waals surface area contributed by atoms with Crippen LogP contribution < -0.4 is 5.43 Å². The smallest absolute Gasteiger partial charge is 0.267 e. The van der Waals surface area contributed by atoms with Crippen molar-refractivity contribution in [2.75, 3.05) is 0 Å². The van der Waals surface area contributed by atoms with Gasteiger partial charge in [0.1, 0.15) is 5.82 Å². The van der Waals surface area contributed by atoms with Crippen molar-refractivity contribution >= 4 is 17.8 Å². The Bertz CT molecular complexity index is 716. The van der Waals surface area contributed by atoms with Crippen LogP contribution >= 0.6 is 0 Å². The summed E-state index contributed by atoms with van der Waals surface area (Å²) in [5, 5.41) is 14.3. The van der Waals surface area contributed by atoms with Gasteiger partial charge in [0, 0.05) is 17.7 Å². The highest BCUT2D eigenvalue weighted by molar-refractivity contribution is 5.95. The molecule has 0 fully saturated rings. The molecule has 2 aromatic rings. The van der Waals surface area contributed by atoms with Gasteiger partial charge < -0.3 is 0 Å². The van der Waals surface area contributed by atoms with E-state index in [-0.39, 0.29) is 11.3 Å². The molecule has 1 N–H and O–H groups in total. The summed E-state index contributed by atoms with van der Waals surface area (Å²) in [4.78, 5) is 21.8. The molecule has 0 aliphatic rings. The molecule has 7 heteroatoms. The van der Waals surface area contributed by atoms with E-state index < -0.39 is 16.6 Å². The number of nitrogens with zero attached hydrogens (tertiary/aromatic N) is 2. The fourth-order valence-electron chi connectivity index (χ4n) is 1.58. The summed E-state index contributed by atoms with van der Waals surface area (Å²) < 4.78 is 12.9. The number of rotatable bonds is 4. The molecular formula is C14H10FN3O3. The van der Waals surface area contributed by atoms with Gasteiger partial charge >= 0.3 is 0 Å². The molecule has 0 radical (unpaired) electrons. The van der Waals surface area contributed by atoms with Gasteiger partial charge in [0.25, 0.3) is 11.6 Å². The fraction of sp³-hybridized carbons (Fsp3) is 0. The highest BCUT2D eigenvalue weighted by atomic mass is 19.1. The minimum Gasteiger partial charge on any atom is -0.267 e. The van der Waals surface area contributed by atoms with Crippen LogP contribution in [0.3, 0.4) is 0 Å². The fourth-order valence-corrected chi connectivity index (χ4v) is 1.58. The zero-order chi connectivity index (χ0) is 15.2. The summed E-state index contributed by atoms with van der Waals surface area (Å²) in [6, 6.07) is 10.9. The van der Waals surface area contributed by atoms with Crippen molar-refractivity contribution < 1.29 is 14.1 Å². The third kappa shape index (κ3) is 3.93. The van der Waals surface area contributed by atoms with Crippen molar-refractivity contribution in [3.63, 3.8) is 0 Å². The molecule has 0 aliphatic carbocycles. The molecule has 0 bridgehead atoms. The molecule has 0 saturated heterocycles. The molecular weight excluding hydrogens is 277 g/mol. The Hall–Kier alpha value is -3.09. The lowest BCUT2D eigenvalue weighted by Gasteiger charge is -1.99. The number of halogens is 1. The number of hydrogen-bond donors (Lipinski definition) is 1. The summed E-state index contributed by atoms with van der Waals surface area (Å²) in [7, 11) is 0. The normalized spacial score (nSPS) is 10.5. The molecule has 21 heavy (non-hydrogen) atoms. The number of hydrogen-bond acceptors (Lipinski definition) is 4. The maximum Gasteiger partial charge on any atom is 0.271 e. The van der Waals surface area contributed by atoms with Crippen molar-refractivity contribution in [3.05, 3.63) is 75.6 Å².